The molecule has 0 atom stereocenters. The van der Waals surface area contributed by atoms with Crippen molar-refractivity contribution in [2.24, 2.45) is 0 Å². The third-order valence-electron chi connectivity index (χ3n) is 4.27. The van der Waals surface area contributed by atoms with Crippen LogP contribution in [0.2, 0.25) is 0 Å². The molecule has 0 saturated carbocycles. The maximum absolute atomic E-state index is 12.9. The van der Waals surface area contributed by atoms with Crippen LogP contribution in [-0.2, 0) is 11.3 Å². The van der Waals surface area contributed by atoms with Crippen LogP contribution in [0.15, 0.2) is 71.7 Å². The molecule has 0 radical (unpaired) electrons. The summed E-state index contributed by atoms with van der Waals surface area (Å²) in [4.78, 5) is 26.4. The van der Waals surface area contributed by atoms with Gasteiger partial charge >= 0.3 is 0 Å². The van der Waals surface area contributed by atoms with Gasteiger partial charge in [0.2, 0.25) is 0 Å². The number of benzene rings is 2. The van der Waals surface area contributed by atoms with E-state index in [1.54, 1.807) is 18.2 Å². The molecule has 2 aromatic carbocycles. The summed E-state index contributed by atoms with van der Waals surface area (Å²) in [5, 5.41) is 7.55. The van der Waals surface area contributed by atoms with E-state index in [4.69, 9.17) is 4.74 Å². The lowest BCUT2D eigenvalue weighted by molar-refractivity contribution is -0.117. The van der Waals surface area contributed by atoms with E-state index in [0.29, 0.717) is 18.7 Å². The van der Waals surface area contributed by atoms with Crippen LogP contribution < -0.4 is 15.4 Å². The van der Waals surface area contributed by atoms with E-state index in [1.807, 2.05) is 67.8 Å². The molecular weight excluding hydrogens is 396 g/mol. The second kappa shape index (κ2) is 10.4. The molecule has 0 aliphatic carbocycles. The van der Waals surface area contributed by atoms with E-state index in [-0.39, 0.29) is 17.5 Å². The topological polar surface area (TPSA) is 67.4 Å². The number of aryl methyl sites for hydroxylation is 1. The fourth-order valence-electron chi connectivity index (χ4n) is 2.84. The van der Waals surface area contributed by atoms with Gasteiger partial charge in [0.25, 0.3) is 11.8 Å². The fraction of sp³-hybridized carbons (Fsp3) is 0.167. The Balaban J connectivity index is 1.74. The summed E-state index contributed by atoms with van der Waals surface area (Å²) in [7, 11) is 0. The van der Waals surface area contributed by atoms with Gasteiger partial charge in [-0.05, 0) is 61.2 Å². The Kier molecular flexibility index (Phi) is 7.40. The Morgan fingerprint density at radius 3 is 2.63 bits per heavy atom. The van der Waals surface area contributed by atoms with Crippen LogP contribution in [-0.4, -0.2) is 18.4 Å². The zero-order valence-corrected chi connectivity index (χ0v) is 17.8. The molecule has 0 fully saturated rings. The van der Waals surface area contributed by atoms with Gasteiger partial charge in [0.1, 0.15) is 11.4 Å². The number of amides is 2. The average Bonchev–Trinajstić information content (AvgIpc) is 3.25. The fourth-order valence-corrected chi connectivity index (χ4v) is 3.50. The summed E-state index contributed by atoms with van der Waals surface area (Å²) in [6, 6.07) is 18.6. The predicted molar refractivity (Wildman–Crippen MR) is 120 cm³/mol. The van der Waals surface area contributed by atoms with Crippen molar-refractivity contribution in [2.45, 2.75) is 20.4 Å². The van der Waals surface area contributed by atoms with E-state index in [9.17, 15) is 9.59 Å². The lowest BCUT2D eigenvalue weighted by Crippen LogP contribution is -2.34. The molecule has 3 aromatic rings. The Bertz CT molecular complexity index is 1040. The van der Waals surface area contributed by atoms with Gasteiger partial charge in [0, 0.05) is 17.0 Å². The summed E-state index contributed by atoms with van der Waals surface area (Å²) < 4.78 is 5.50. The summed E-state index contributed by atoms with van der Waals surface area (Å²) >= 11 is 1.49. The minimum atomic E-state index is -0.355. The van der Waals surface area contributed by atoms with Crippen LogP contribution >= 0.6 is 11.3 Å². The summed E-state index contributed by atoms with van der Waals surface area (Å²) in [5.41, 5.74) is 2.59. The lowest BCUT2D eigenvalue weighted by Gasteiger charge is -2.12. The number of carbonyl (C=O) groups excluding carboxylic acids is 2. The van der Waals surface area contributed by atoms with E-state index >= 15 is 0 Å². The Morgan fingerprint density at radius 1 is 1.07 bits per heavy atom. The highest BCUT2D eigenvalue weighted by atomic mass is 32.1. The summed E-state index contributed by atoms with van der Waals surface area (Å²) in [6.45, 7) is 4.74. The summed E-state index contributed by atoms with van der Waals surface area (Å²) in [6.07, 6.45) is 1.68. The first kappa shape index (κ1) is 21.3. The van der Waals surface area contributed by atoms with Crippen LogP contribution in [0, 0.1) is 6.92 Å². The molecule has 5 nitrogen and oxygen atoms in total. The zero-order valence-electron chi connectivity index (χ0n) is 17.0. The second-order valence-electron chi connectivity index (χ2n) is 6.66. The van der Waals surface area contributed by atoms with E-state index in [2.05, 4.69) is 10.6 Å². The number of carbonyl (C=O) groups is 2. The molecule has 3 rings (SSSR count). The predicted octanol–water partition coefficient (Wildman–Crippen LogP) is 4.54. The molecule has 30 heavy (non-hydrogen) atoms. The van der Waals surface area contributed by atoms with Crippen molar-refractivity contribution in [2.75, 3.05) is 6.61 Å². The van der Waals surface area contributed by atoms with E-state index in [1.165, 1.54) is 11.3 Å². The molecule has 0 saturated heterocycles. The first-order valence-corrected chi connectivity index (χ1v) is 10.6. The minimum absolute atomic E-state index is 0.199. The third-order valence-corrected chi connectivity index (χ3v) is 5.08. The normalized spacial score (nSPS) is 11.1. The minimum Gasteiger partial charge on any atom is -0.494 e. The molecule has 0 bridgehead atoms. The second-order valence-corrected chi connectivity index (χ2v) is 7.64. The molecular formula is C24H24N2O3S. The lowest BCUT2D eigenvalue weighted by atomic mass is 10.1. The largest absolute Gasteiger partial charge is 0.494 e. The van der Waals surface area contributed by atoms with Crippen molar-refractivity contribution in [1.29, 1.82) is 0 Å². The number of rotatable bonds is 8. The number of ether oxygens (including phenoxy) is 1. The van der Waals surface area contributed by atoms with Crippen LogP contribution in [0.5, 0.6) is 5.75 Å². The standard InChI is InChI=1S/C24H24N2O3S/c1-3-29-20-10-5-8-18(14-20)16-25-24(28)22(15-21-11-6-12-30-21)26-23(27)19-9-4-7-17(2)13-19/h4-15H,3,16H2,1-2H3,(H,25,28)(H,26,27)/b22-15-. The highest BCUT2D eigenvalue weighted by Crippen LogP contribution is 2.15. The number of nitrogens with one attached hydrogen (secondary N) is 2. The first-order valence-electron chi connectivity index (χ1n) is 9.68. The van der Waals surface area contributed by atoms with E-state index < -0.39 is 0 Å². The quantitative estimate of drug-likeness (QED) is 0.526. The van der Waals surface area contributed by atoms with Gasteiger partial charge in [-0.1, -0.05) is 35.9 Å². The number of hydrogen-bond acceptors (Lipinski definition) is 4. The van der Waals surface area contributed by atoms with Gasteiger partial charge < -0.3 is 15.4 Å². The maximum Gasteiger partial charge on any atom is 0.268 e. The maximum atomic E-state index is 12.9. The van der Waals surface area contributed by atoms with Crippen molar-refractivity contribution < 1.29 is 14.3 Å². The van der Waals surface area contributed by atoms with Crippen LogP contribution in [0.25, 0.3) is 6.08 Å². The zero-order chi connectivity index (χ0) is 21.3. The molecule has 154 valence electrons. The van der Waals surface area contributed by atoms with Gasteiger partial charge in [-0.3, -0.25) is 9.59 Å². The van der Waals surface area contributed by atoms with Crippen molar-refractivity contribution in [3.05, 3.63) is 93.3 Å². The highest BCUT2D eigenvalue weighted by molar-refractivity contribution is 7.10. The van der Waals surface area contributed by atoms with Crippen molar-refractivity contribution in [3.63, 3.8) is 0 Å². The van der Waals surface area contributed by atoms with Gasteiger partial charge in [-0.25, -0.2) is 0 Å². The number of hydrogen-bond donors (Lipinski definition) is 2. The molecule has 0 aliphatic rings. The number of thiophene rings is 1. The van der Waals surface area contributed by atoms with Gasteiger partial charge in [-0.15, -0.1) is 11.3 Å². The van der Waals surface area contributed by atoms with Crippen LogP contribution in [0.1, 0.15) is 33.3 Å². The average molecular weight is 421 g/mol. The van der Waals surface area contributed by atoms with E-state index in [0.717, 1.165) is 21.8 Å². The molecule has 1 heterocycles. The molecule has 0 spiro atoms. The highest BCUT2D eigenvalue weighted by Gasteiger charge is 2.15. The van der Waals surface area contributed by atoms with Gasteiger partial charge in [0.15, 0.2) is 0 Å². The first-order chi connectivity index (χ1) is 14.5. The Labute approximate surface area is 180 Å². The molecule has 2 amide bonds. The molecule has 2 N–H and O–H groups in total. The smallest absolute Gasteiger partial charge is 0.268 e. The molecule has 1 aromatic heterocycles. The van der Waals surface area contributed by atoms with Crippen molar-refractivity contribution in [3.8, 4) is 5.75 Å². The van der Waals surface area contributed by atoms with Crippen molar-refractivity contribution in [1.82, 2.24) is 10.6 Å². The summed E-state index contributed by atoms with van der Waals surface area (Å²) in [5.74, 6) is 0.0764. The molecule has 6 heteroatoms. The molecule has 0 aliphatic heterocycles. The third kappa shape index (κ3) is 6.06. The van der Waals surface area contributed by atoms with Crippen LogP contribution in [0.4, 0.5) is 0 Å². The van der Waals surface area contributed by atoms with Crippen molar-refractivity contribution >= 4 is 29.2 Å². The SMILES string of the molecule is CCOc1cccc(CNC(=O)/C(=C/c2cccs2)NC(=O)c2cccc(C)c2)c1. The van der Waals surface area contributed by atoms with Gasteiger partial charge in [-0.2, -0.15) is 0 Å². The molecule has 0 unspecified atom stereocenters. The van der Waals surface area contributed by atoms with Crippen LogP contribution in [0.3, 0.4) is 0 Å². The van der Waals surface area contributed by atoms with Gasteiger partial charge in [0.05, 0.1) is 6.61 Å². The Morgan fingerprint density at radius 2 is 1.90 bits per heavy atom. The Hall–Kier alpha value is -3.38. The monoisotopic (exact) mass is 420 g/mol.